The minimum absolute atomic E-state index is 0. The summed E-state index contributed by atoms with van der Waals surface area (Å²) in [5.41, 5.74) is 2.93. The summed E-state index contributed by atoms with van der Waals surface area (Å²) in [6, 6.07) is 34.4. The van der Waals surface area contributed by atoms with E-state index in [1.54, 1.807) is 0 Å². The average molecular weight is 403 g/mol. The largest absolute Gasteiger partial charge is 0.310 e. The molecule has 2 unspecified atom stereocenters. The van der Waals surface area contributed by atoms with E-state index in [9.17, 15) is 5.26 Å². The minimum Gasteiger partial charge on any atom is -0.310 e. The molecule has 148 valence electrons. The molecule has 1 aliphatic rings. The van der Waals surface area contributed by atoms with Gasteiger partial charge in [0.2, 0.25) is 0 Å². The average Bonchev–Trinajstić information content (AvgIpc) is 3.25. The summed E-state index contributed by atoms with van der Waals surface area (Å²) < 4.78 is 0. The highest BCUT2D eigenvalue weighted by atomic mass is 35.5. The molecule has 3 aromatic carbocycles. The molecule has 2 nitrogen and oxygen atoms in total. The molecule has 0 amide bonds. The van der Waals surface area contributed by atoms with E-state index in [-0.39, 0.29) is 12.4 Å². The van der Waals surface area contributed by atoms with Crippen molar-refractivity contribution in [3.63, 3.8) is 0 Å². The predicted octanol–water partition coefficient (Wildman–Crippen LogP) is 5.88. The molecule has 2 atom stereocenters. The Morgan fingerprint density at radius 2 is 1.31 bits per heavy atom. The Morgan fingerprint density at radius 3 is 1.83 bits per heavy atom. The molecule has 1 fully saturated rings. The second-order valence-electron chi connectivity index (χ2n) is 7.73. The standard InChI is InChI=1S/C26H26N2.ClH/c27-20-26(22-12-6-2-7-13-22,23-14-8-3-9-15-23)24-16-17-25(18-24)28-19-21-10-4-1-5-11-21;/h1-15,24-25,28H,16-19H2;1H. The Morgan fingerprint density at radius 1 is 0.793 bits per heavy atom. The minimum atomic E-state index is -0.592. The van der Waals surface area contributed by atoms with E-state index in [4.69, 9.17) is 0 Å². The quantitative estimate of drug-likeness (QED) is 0.559. The van der Waals surface area contributed by atoms with Gasteiger partial charge in [-0.1, -0.05) is 91.0 Å². The molecule has 0 saturated heterocycles. The molecule has 1 saturated carbocycles. The van der Waals surface area contributed by atoms with Gasteiger partial charge in [0.1, 0.15) is 5.41 Å². The molecular formula is C26H27ClN2. The Balaban J connectivity index is 0.00000240. The number of nitrogens with one attached hydrogen (secondary N) is 1. The molecule has 1 N–H and O–H groups in total. The third-order valence-electron chi connectivity index (χ3n) is 6.12. The fourth-order valence-corrected chi connectivity index (χ4v) is 4.68. The van der Waals surface area contributed by atoms with Crippen LogP contribution in [0.4, 0.5) is 0 Å². The number of hydrogen-bond donors (Lipinski definition) is 1. The van der Waals surface area contributed by atoms with Gasteiger partial charge in [0.25, 0.3) is 0 Å². The maximum absolute atomic E-state index is 10.5. The maximum Gasteiger partial charge on any atom is 0.110 e. The summed E-state index contributed by atoms with van der Waals surface area (Å²) in [7, 11) is 0. The molecular weight excluding hydrogens is 376 g/mol. The molecule has 0 spiro atoms. The molecule has 0 bridgehead atoms. The van der Waals surface area contributed by atoms with Crippen LogP contribution in [0.5, 0.6) is 0 Å². The number of hydrogen-bond acceptors (Lipinski definition) is 2. The van der Waals surface area contributed by atoms with Gasteiger partial charge in [-0.25, -0.2) is 0 Å². The van der Waals surface area contributed by atoms with Crippen molar-refractivity contribution in [3.05, 3.63) is 108 Å². The highest BCUT2D eigenvalue weighted by molar-refractivity contribution is 5.85. The van der Waals surface area contributed by atoms with E-state index in [1.165, 1.54) is 5.56 Å². The molecule has 3 heteroatoms. The lowest BCUT2D eigenvalue weighted by molar-refractivity contribution is 0.386. The number of nitriles is 1. The molecule has 1 aliphatic carbocycles. The summed E-state index contributed by atoms with van der Waals surface area (Å²) in [6.07, 6.45) is 3.19. The second-order valence-corrected chi connectivity index (χ2v) is 7.73. The number of rotatable bonds is 6. The van der Waals surface area contributed by atoms with Crippen molar-refractivity contribution in [3.8, 4) is 6.07 Å². The summed E-state index contributed by atoms with van der Waals surface area (Å²) in [5.74, 6) is 0.301. The van der Waals surface area contributed by atoms with Crippen LogP contribution < -0.4 is 5.32 Å². The van der Waals surface area contributed by atoms with E-state index in [1.807, 2.05) is 36.4 Å². The van der Waals surface area contributed by atoms with E-state index < -0.39 is 5.41 Å². The number of nitrogens with zero attached hydrogens (tertiary/aromatic N) is 1. The van der Waals surface area contributed by atoms with Crippen LogP contribution in [0.15, 0.2) is 91.0 Å². The fourth-order valence-electron chi connectivity index (χ4n) is 4.68. The predicted molar refractivity (Wildman–Crippen MR) is 121 cm³/mol. The molecule has 0 aliphatic heterocycles. The molecule has 0 radical (unpaired) electrons. The van der Waals surface area contributed by atoms with Crippen LogP contribution in [-0.2, 0) is 12.0 Å². The Kier molecular flexibility index (Phi) is 7.09. The van der Waals surface area contributed by atoms with Gasteiger partial charge in [-0.3, -0.25) is 0 Å². The van der Waals surface area contributed by atoms with Gasteiger partial charge in [0.05, 0.1) is 6.07 Å². The van der Waals surface area contributed by atoms with Crippen LogP contribution in [-0.4, -0.2) is 6.04 Å². The first-order chi connectivity index (χ1) is 13.8. The summed E-state index contributed by atoms with van der Waals surface area (Å²) >= 11 is 0. The van der Waals surface area contributed by atoms with Crippen molar-refractivity contribution in [2.24, 2.45) is 5.92 Å². The Hall–Kier alpha value is -2.60. The highest BCUT2D eigenvalue weighted by Crippen LogP contribution is 2.46. The van der Waals surface area contributed by atoms with Crippen LogP contribution in [0.25, 0.3) is 0 Å². The summed E-state index contributed by atoms with van der Waals surface area (Å²) in [5, 5.41) is 14.2. The van der Waals surface area contributed by atoms with Crippen LogP contribution in [0, 0.1) is 17.2 Å². The lowest BCUT2D eigenvalue weighted by Crippen LogP contribution is -2.35. The van der Waals surface area contributed by atoms with Crippen LogP contribution in [0.1, 0.15) is 36.0 Å². The van der Waals surface area contributed by atoms with Crippen molar-refractivity contribution in [1.29, 1.82) is 5.26 Å². The Labute approximate surface area is 180 Å². The topological polar surface area (TPSA) is 35.8 Å². The van der Waals surface area contributed by atoms with Crippen molar-refractivity contribution < 1.29 is 0 Å². The van der Waals surface area contributed by atoms with E-state index >= 15 is 0 Å². The first kappa shape index (κ1) is 21.1. The van der Waals surface area contributed by atoms with Gasteiger partial charge >= 0.3 is 0 Å². The third-order valence-corrected chi connectivity index (χ3v) is 6.12. The lowest BCUT2D eigenvalue weighted by Gasteiger charge is -2.34. The van der Waals surface area contributed by atoms with Gasteiger partial charge in [0.15, 0.2) is 0 Å². The van der Waals surface area contributed by atoms with Crippen molar-refractivity contribution in [1.82, 2.24) is 5.32 Å². The molecule has 4 rings (SSSR count). The van der Waals surface area contributed by atoms with Crippen LogP contribution >= 0.6 is 12.4 Å². The summed E-state index contributed by atoms with van der Waals surface area (Å²) in [6.45, 7) is 0.883. The third kappa shape index (κ3) is 4.37. The van der Waals surface area contributed by atoms with Crippen LogP contribution in [0.2, 0.25) is 0 Å². The van der Waals surface area contributed by atoms with E-state index in [0.29, 0.717) is 12.0 Å². The van der Waals surface area contributed by atoms with E-state index in [0.717, 1.165) is 36.9 Å². The lowest BCUT2D eigenvalue weighted by atomic mass is 9.66. The summed E-state index contributed by atoms with van der Waals surface area (Å²) in [4.78, 5) is 0. The highest BCUT2D eigenvalue weighted by Gasteiger charge is 2.45. The molecule has 3 aromatic rings. The van der Waals surface area contributed by atoms with Crippen molar-refractivity contribution in [2.45, 2.75) is 37.3 Å². The van der Waals surface area contributed by atoms with Gasteiger partial charge in [0, 0.05) is 12.6 Å². The van der Waals surface area contributed by atoms with Crippen molar-refractivity contribution >= 4 is 12.4 Å². The van der Waals surface area contributed by atoms with Gasteiger partial charge in [-0.05, 0) is 41.9 Å². The Bertz CT molecular complexity index is 880. The normalized spacial score (nSPS) is 18.6. The SMILES string of the molecule is Cl.N#CC(c1ccccc1)(c1ccccc1)C1CCC(NCc2ccccc2)C1. The van der Waals surface area contributed by atoms with Gasteiger partial charge < -0.3 is 5.32 Å². The van der Waals surface area contributed by atoms with Gasteiger partial charge in [-0.15, -0.1) is 12.4 Å². The van der Waals surface area contributed by atoms with Gasteiger partial charge in [-0.2, -0.15) is 5.26 Å². The fraction of sp³-hybridized carbons (Fsp3) is 0.269. The maximum atomic E-state index is 10.5. The first-order valence-corrected chi connectivity index (χ1v) is 10.1. The second kappa shape index (κ2) is 9.74. The molecule has 29 heavy (non-hydrogen) atoms. The zero-order chi connectivity index (χ0) is 19.2. The smallest absolute Gasteiger partial charge is 0.110 e. The zero-order valence-electron chi connectivity index (χ0n) is 16.5. The number of halogens is 1. The molecule has 0 heterocycles. The zero-order valence-corrected chi connectivity index (χ0v) is 17.3. The van der Waals surface area contributed by atoms with Crippen LogP contribution in [0.3, 0.4) is 0 Å². The number of benzene rings is 3. The van der Waals surface area contributed by atoms with Crippen molar-refractivity contribution in [2.75, 3.05) is 0 Å². The molecule has 0 aromatic heterocycles. The first-order valence-electron chi connectivity index (χ1n) is 10.1. The monoisotopic (exact) mass is 402 g/mol. The van der Waals surface area contributed by atoms with E-state index in [2.05, 4.69) is 66.0 Å².